The molecule has 3 aromatic carbocycles. The van der Waals surface area contributed by atoms with E-state index in [1.165, 1.54) is 46.2 Å². The average molecular weight is 934 g/mol. The number of aromatic nitrogens is 1. The van der Waals surface area contributed by atoms with Crippen LogP contribution in [0, 0.1) is 11.6 Å². The molecule has 22 heteroatoms. The third-order valence-electron chi connectivity index (χ3n) is 9.92. The van der Waals surface area contributed by atoms with Gasteiger partial charge in [0, 0.05) is 40.8 Å². The van der Waals surface area contributed by atoms with E-state index in [1.54, 1.807) is 0 Å². The number of nitrogens with zero attached hydrogens (tertiary/aromatic N) is 3. The Labute approximate surface area is 377 Å². The average Bonchev–Trinajstić information content (AvgIpc) is 3.62. The summed E-state index contributed by atoms with van der Waals surface area (Å²) in [6.07, 6.45) is -0.441. The molecule has 0 saturated carbocycles. The smallest absolute Gasteiger partial charge is 0.337 e. The van der Waals surface area contributed by atoms with Crippen molar-refractivity contribution >= 4 is 52.2 Å². The molecule has 0 radical (unpaired) electrons. The summed E-state index contributed by atoms with van der Waals surface area (Å²) in [6, 6.07) is 14.6. The van der Waals surface area contributed by atoms with E-state index < -0.39 is 97.0 Å². The van der Waals surface area contributed by atoms with E-state index in [-0.39, 0.29) is 75.1 Å². The largest absolute Gasteiger partial charge is 0.505 e. The number of anilines is 2. The number of methoxy groups -OCH3 is 4. The van der Waals surface area contributed by atoms with Gasteiger partial charge in [0.15, 0.2) is 17.4 Å². The first-order valence-corrected chi connectivity index (χ1v) is 19.7. The van der Waals surface area contributed by atoms with Crippen molar-refractivity contribution in [1.82, 2.24) is 4.73 Å². The number of benzene rings is 4. The first kappa shape index (κ1) is 47.9. The van der Waals surface area contributed by atoms with Gasteiger partial charge in [0.05, 0.1) is 46.2 Å². The Morgan fingerprint density at radius 1 is 0.627 bits per heavy atom. The van der Waals surface area contributed by atoms with Crippen molar-refractivity contribution in [2.45, 2.75) is 6.42 Å². The Morgan fingerprint density at radius 3 is 1.78 bits per heavy atom. The molecule has 352 valence electrons. The minimum atomic E-state index is -1.14. The number of carbonyl (C=O) groups is 5. The van der Waals surface area contributed by atoms with E-state index in [0.717, 1.165) is 64.8 Å². The summed E-state index contributed by atoms with van der Waals surface area (Å²) in [4.78, 5) is 83.2. The summed E-state index contributed by atoms with van der Waals surface area (Å²) in [7, 11) is 4.55. The van der Waals surface area contributed by atoms with Crippen LogP contribution in [0.1, 0.15) is 5.56 Å². The van der Waals surface area contributed by atoms with Crippen molar-refractivity contribution in [2.75, 3.05) is 77.6 Å². The number of ether oxygens (including phenoxy) is 6. The molecule has 3 N–H and O–H groups in total. The first-order chi connectivity index (χ1) is 32.0. The van der Waals surface area contributed by atoms with Crippen LogP contribution >= 0.6 is 0 Å². The molecule has 0 unspecified atom stereocenters. The van der Waals surface area contributed by atoms with Gasteiger partial charge in [-0.3, -0.25) is 24.0 Å². The van der Waals surface area contributed by atoms with E-state index in [0.29, 0.717) is 4.73 Å². The topological polar surface area (TPSA) is 252 Å². The SMILES string of the molecule is COC(=O)CN(CC(=O)OC)c1ccc(-c2c3cc(F)c(=O)cc-3oc3cc(O)c(F)cc23)cc1OCCOc1ccc(CC(=O)On2c(O)ccc2O)cc1N(CC(=O)OC)CC(=O)OC. The maximum atomic E-state index is 15.0. The molecule has 67 heavy (non-hydrogen) atoms. The summed E-state index contributed by atoms with van der Waals surface area (Å²) >= 11 is 0. The predicted octanol–water partition coefficient (Wildman–Crippen LogP) is 3.72. The van der Waals surface area contributed by atoms with E-state index in [4.69, 9.17) is 37.7 Å². The number of phenols is 1. The number of halogens is 2. The summed E-state index contributed by atoms with van der Waals surface area (Å²) in [5.41, 5.74) is -0.177. The fourth-order valence-electron chi connectivity index (χ4n) is 6.73. The number of hydrogen-bond acceptors (Lipinski definition) is 19. The van der Waals surface area contributed by atoms with Gasteiger partial charge in [-0.05, 0) is 47.5 Å². The molecule has 6 rings (SSSR count). The lowest BCUT2D eigenvalue weighted by molar-refractivity contribution is -0.145. The Morgan fingerprint density at radius 2 is 1.19 bits per heavy atom. The van der Waals surface area contributed by atoms with Crippen LogP contribution in [0.15, 0.2) is 82.0 Å². The van der Waals surface area contributed by atoms with Gasteiger partial charge in [-0.2, -0.15) is 0 Å². The van der Waals surface area contributed by atoms with Gasteiger partial charge in [-0.1, -0.05) is 12.1 Å². The second-order valence-corrected chi connectivity index (χ2v) is 14.2. The van der Waals surface area contributed by atoms with Crippen LogP contribution in [0.5, 0.6) is 29.0 Å². The zero-order chi connectivity index (χ0) is 48.5. The highest BCUT2D eigenvalue weighted by molar-refractivity contribution is 6.03. The molecule has 2 aliphatic rings. The first-order valence-electron chi connectivity index (χ1n) is 19.7. The van der Waals surface area contributed by atoms with Crippen LogP contribution in [0.25, 0.3) is 33.4 Å². The Balaban J connectivity index is 1.39. The molecule has 4 aromatic rings. The number of carbonyl (C=O) groups excluding carboxylic acids is 5. The van der Waals surface area contributed by atoms with E-state index in [1.807, 2.05) is 0 Å². The Bertz CT molecular complexity index is 2820. The molecule has 20 nitrogen and oxygen atoms in total. The standard InChI is InChI=1S/C45H41F2N3O17/c1-60-41(56)20-48(21-42(57)61-2)30-7-6-25(45-26-16-28(46)32(51)18-35(26)66-36-19-33(52)29(47)17-27(36)45)15-37(30)65-12-11-64-34-8-5-24(14-40(55)67-50-38(53)9-10-39(50)54)13-31(34)49(22-43(58)62-3)23-44(59)63-4/h5-10,13,15-19,51,53-54H,11-12,14,20-23H2,1-4H3. The molecular weight excluding hydrogens is 892 g/mol. The number of hydrogen-bond donors (Lipinski definition) is 3. The van der Waals surface area contributed by atoms with Gasteiger partial charge in [0.25, 0.3) is 0 Å². The van der Waals surface area contributed by atoms with Crippen molar-refractivity contribution in [1.29, 1.82) is 0 Å². The minimum absolute atomic E-state index is 0.0250. The third kappa shape index (κ3) is 11.2. The second-order valence-electron chi connectivity index (χ2n) is 14.2. The number of rotatable bonds is 19. The van der Waals surface area contributed by atoms with Crippen LogP contribution in [-0.4, -0.2) is 118 Å². The van der Waals surface area contributed by atoms with Gasteiger partial charge in [0.2, 0.25) is 17.2 Å². The maximum Gasteiger partial charge on any atom is 0.337 e. The molecule has 0 bridgehead atoms. The minimum Gasteiger partial charge on any atom is -0.505 e. The highest BCUT2D eigenvalue weighted by Crippen LogP contribution is 2.44. The zero-order valence-corrected chi connectivity index (χ0v) is 36.0. The van der Waals surface area contributed by atoms with Gasteiger partial charge >= 0.3 is 29.8 Å². The second kappa shape index (κ2) is 21.0. The number of esters is 4. The van der Waals surface area contributed by atoms with E-state index >= 15 is 0 Å². The predicted molar refractivity (Wildman–Crippen MR) is 229 cm³/mol. The zero-order valence-electron chi connectivity index (χ0n) is 36.0. The van der Waals surface area contributed by atoms with Crippen molar-refractivity contribution in [3.05, 3.63) is 100 Å². The van der Waals surface area contributed by atoms with Crippen LogP contribution in [0.2, 0.25) is 0 Å². The van der Waals surface area contributed by atoms with Gasteiger partial charge in [-0.15, -0.1) is 4.73 Å². The maximum absolute atomic E-state index is 15.0. The number of aromatic hydroxyl groups is 3. The molecular formula is C45H41F2N3O17. The fourth-order valence-corrected chi connectivity index (χ4v) is 6.73. The number of fused-ring (bicyclic) bond motifs is 2. The lowest BCUT2D eigenvalue weighted by Gasteiger charge is -2.26. The summed E-state index contributed by atoms with van der Waals surface area (Å²) in [5, 5.41) is 30.1. The van der Waals surface area contributed by atoms with E-state index in [9.17, 15) is 52.9 Å². The highest BCUT2D eigenvalue weighted by atomic mass is 19.1. The van der Waals surface area contributed by atoms with Crippen molar-refractivity contribution in [3.63, 3.8) is 0 Å². The molecule has 2 heterocycles. The summed E-state index contributed by atoms with van der Waals surface area (Å²) in [6.45, 7) is -2.56. The summed E-state index contributed by atoms with van der Waals surface area (Å²) in [5.74, 6) is -8.09. The summed E-state index contributed by atoms with van der Waals surface area (Å²) < 4.78 is 68.0. The molecule has 1 aliphatic carbocycles. The molecule has 0 saturated heterocycles. The molecule has 0 atom stereocenters. The fraction of sp³-hybridized carbons (Fsp3) is 0.244. The van der Waals surface area contributed by atoms with Crippen LogP contribution in [-0.2, 0) is 49.3 Å². The number of phenolic OH excluding ortho intramolecular Hbond substituents is 1. The lowest BCUT2D eigenvalue weighted by Crippen LogP contribution is -2.36. The monoisotopic (exact) mass is 933 g/mol. The van der Waals surface area contributed by atoms with Gasteiger partial charge < -0.3 is 62.8 Å². The molecule has 1 aliphatic heterocycles. The van der Waals surface area contributed by atoms with Crippen molar-refractivity contribution in [3.8, 4) is 51.5 Å². The molecule has 0 fully saturated rings. The van der Waals surface area contributed by atoms with Gasteiger partial charge in [0.1, 0.15) is 62.2 Å². The highest BCUT2D eigenvalue weighted by Gasteiger charge is 2.26. The van der Waals surface area contributed by atoms with Crippen LogP contribution < -0.4 is 29.5 Å². The van der Waals surface area contributed by atoms with Crippen molar-refractivity contribution < 1.29 is 85.7 Å². The Kier molecular flexibility index (Phi) is 15.0. The molecule has 1 aromatic heterocycles. The van der Waals surface area contributed by atoms with Crippen molar-refractivity contribution in [2.24, 2.45) is 0 Å². The Hall–Kier alpha value is -8.56. The van der Waals surface area contributed by atoms with Crippen LogP contribution in [0.4, 0.5) is 20.2 Å². The quantitative estimate of drug-likeness (QED) is 0.0453. The van der Waals surface area contributed by atoms with Gasteiger partial charge in [-0.25, -0.2) is 13.6 Å². The third-order valence-corrected chi connectivity index (χ3v) is 9.92. The molecule has 0 spiro atoms. The molecule has 0 amide bonds. The lowest BCUT2D eigenvalue weighted by atomic mass is 9.93. The van der Waals surface area contributed by atoms with Crippen LogP contribution in [0.3, 0.4) is 0 Å². The normalized spacial score (nSPS) is 10.9. The van der Waals surface area contributed by atoms with E-state index in [2.05, 4.69) is 0 Å².